The molecule has 1 saturated heterocycles. The maximum Gasteiger partial charge on any atom is 0.325 e. The van der Waals surface area contributed by atoms with Gasteiger partial charge in [0.1, 0.15) is 12.1 Å². The fourth-order valence-corrected chi connectivity index (χ4v) is 4.00. The van der Waals surface area contributed by atoms with Gasteiger partial charge < -0.3 is 15.4 Å². The molecule has 28 heavy (non-hydrogen) atoms. The monoisotopic (exact) mass is 387 g/mol. The van der Waals surface area contributed by atoms with Gasteiger partial charge >= 0.3 is 6.03 Å². The zero-order valence-corrected chi connectivity index (χ0v) is 16.4. The molecule has 1 heterocycles. The van der Waals surface area contributed by atoms with E-state index in [0.29, 0.717) is 32.6 Å². The molecular weight excluding hydrogens is 358 g/mol. The van der Waals surface area contributed by atoms with Gasteiger partial charge in [-0.25, -0.2) is 4.79 Å². The molecule has 3 rings (SSSR count). The predicted molar refractivity (Wildman–Crippen MR) is 104 cm³/mol. The predicted octanol–water partition coefficient (Wildman–Crippen LogP) is 2.21. The SMILES string of the molecule is C[C@H]1CCCC[C@@]12NC(=O)N(CC(=O)NCCCOCc1ccccc1)C2=O. The van der Waals surface area contributed by atoms with Crippen LogP contribution in [-0.4, -0.2) is 48.0 Å². The van der Waals surface area contributed by atoms with Crippen molar-refractivity contribution >= 4 is 17.8 Å². The molecule has 2 fully saturated rings. The Kier molecular flexibility index (Phi) is 6.67. The molecule has 7 nitrogen and oxygen atoms in total. The highest BCUT2D eigenvalue weighted by Gasteiger charge is 2.55. The van der Waals surface area contributed by atoms with Crippen molar-refractivity contribution in [1.82, 2.24) is 15.5 Å². The molecule has 1 saturated carbocycles. The van der Waals surface area contributed by atoms with Crippen LogP contribution in [0.2, 0.25) is 0 Å². The van der Waals surface area contributed by atoms with Gasteiger partial charge in [0.25, 0.3) is 5.91 Å². The van der Waals surface area contributed by atoms with E-state index in [1.807, 2.05) is 37.3 Å². The molecule has 0 radical (unpaired) electrons. The lowest BCUT2D eigenvalue weighted by molar-refractivity contribution is -0.137. The highest BCUT2D eigenvalue weighted by molar-refractivity contribution is 6.09. The van der Waals surface area contributed by atoms with Crippen LogP contribution in [-0.2, 0) is 20.9 Å². The number of benzene rings is 1. The largest absolute Gasteiger partial charge is 0.377 e. The first-order valence-electron chi connectivity index (χ1n) is 10.1. The molecule has 1 aromatic carbocycles. The summed E-state index contributed by atoms with van der Waals surface area (Å²) in [5.74, 6) is -0.495. The van der Waals surface area contributed by atoms with Crippen molar-refractivity contribution < 1.29 is 19.1 Å². The lowest BCUT2D eigenvalue weighted by atomic mass is 9.73. The fourth-order valence-electron chi connectivity index (χ4n) is 4.00. The van der Waals surface area contributed by atoms with Crippen LogP contribution in [0.15, 0.2) is 30.3 Å². The second-order valence-electron chi connectivity index (χ2n) is 7.68. The molecular formula is C21H29N3O4. The highest BCUT2D eigenvalue weighted by Crippen LogP contribution is 2.38. The maximum absolute atomic E-state index is 12.8. The number of hydrogen-bond donors (Lipinski definition) is 2. The zero-order chi connectivity index (χ0) is 20.0. The van der Waals surface area contributed by atoms with Gasteiger partial charge in [0.15, 0.2) is 0 Å². The molecule has 2 atom stereocenters. The van der Waals surface area contributed by atoms with Crippen molar-refractivity contribution in [3.63, 3.8) is 0 Å². The van der Waals surface area contributed by atoms with Crippen molar-refractivity contribution in [2.75, 3.05) is 19.7 Å². The van der Waals surface area contributed by atoms with Crippen LogP contribution in [0.4, 0.5) is 4.79 Å². The fraction of sp³-hybridized carbons (Fsp3) is 0.571. The summed E-state index contributed by atoms with van der Waals surface area (Å²) in [5, 5.41) is 5.62. The van der Waals surface area contributed by atoms with Gasteiger partial charge in [-0.15, -0.1) is 0 Å². The lowest BCUT2D eigenvalue weighted by Gasteiger charge is -2.36. The standard InChI is InChI=1S/C21H29N3O4/c1-16-8-5-6-11-21(16)19(26)24(20(27)23-21)14-18(25)22-12-7-13-28-15-17-9-3-2-4-10-17/h2-4,9-10,16H,5-8,11-15H2,1H3,(H,22,25)(H,23,27)/t16-,21+/m0/s1. The smallest absolute Gasteiger partial charge is 0.325 e. The number of imide groups is 1. The van der Waals surface area contributed by atoms with E-state index in [2.05, 4.69) is 10.6 Å². The van der Waals surface area contributed by atoms with Crippen LogP contribution in [0.1, 0.15) is 44.6 Å². The van der Waals surface area contributed by atoms with E-state index in [1.165, 1.54) is 0 Å². The first kappa shape index (κ1) is 20.3. The average molecular weight is 387 g/mol. The molecule has 1 aliphatic heterocycles. The highest BCUT2D eigenvalue weighted by atomic mass is 16.5. The Morgan fingerprint density at radius 3 is 2.82 bits per heavy atom. The van der Waals surface area contributed by atoms with E-state index in [0.717, 1.165) is 29.7 Å². The summed E-state index contributed by atoms with van der Waals surface area (Å²) in [7, 11) is 0. The second kappa shape index (κ2) is 9.19. The van der Waals surface area contributed by atoms with Crippen LogP contribution >= 0.6 is 0 Å². The molecule has 2 aliphatic rings. The third-order valence-electron chi connectivity index (χ3n) is 5.70. The third-order valence-corrected chi connectivity index (χ3v) is 5.70. The number of nitrogens with one attached hydrogen (secondary N) is 2. The zero-order valence-electron chi connectivity index (χ0n) is 16.4. The summed E-state index contributed by atoms with van der Waals surface area (Å²) in [4.78, 5) is 38.3. The van der Waals surface area contributed by atoms with Crippen molar-refractivity contribution in [2.45, 2.75) is 51.2 Å². The van der Waals surface area contributed by atoms with Gasteiger partial charge in [0.2, 0.25) is 5.91 Å². The summed E-state index contributed by atoms with van der Waals surface area (Å²) in [6.07, 6.45) is 4.21. The number of carbonyl (C=O) groups excluding carboxylic acids is 3. The second-order valence-corrected chi connectivity index (χ2v) is 7.68. The minimum atomic E-state index is -0.819. The first-order valence-corrected chi connectivity index (χ1v) is 10.1. The average Bonchev–Trinajstić information content (AvgIpc) is 2.93. The summed E-state index contributed by atoms with van der Waals surface area (Å²) in [6.45, 7) is 3.27. The number of carbonyl (C=O) groups is 3. The van der Waals surface area contributed by atoms with Gasteiger partial charge in [-0.05, 0) is 30.7 Å². The van der Waals surface area contributed by atoms with Crippen LogP contribution in [0.5, 0.6) is 0 Å². The van der Waals surface area contributed by atoms with Gasteiger partial charge in [-0.1, -0.05) is 50.1 Å². The van der Waals surface area contributed by atoms with Gasteiger partial charge in [0.05, 0.1) is 6.61 Å². The van der Waals surface area contributed by atoms with Crippen LogP contribution in [0, 0.1) is 5.92 Å². The minimum Gasteiger partial charge on any atom is -0.377 e. The molecule has 7 heteroatoms. The topological polar surface area (TPSA) is 87.7 Å². The molecule has 1 aromatic rings. The number of amides is 4. The van der Waals surface area contributed by atoms with Crippen molar-refractivity contribution in [3.8, 4) is 0 Å². The molecule has 1 spiro atoms. The Hall–Kier alpha value is -2.41. The first-order chi connectivity index (χ1) is 13.5. The molecule has 152 valence electrons. The maximum atomic E-state index is 12.8. The van der Waals surface area contributed by atoms with Crippen LogP contribution in [0.3, 0.4) is 0 Å². The number of nitrogens with zero attached hydrogens (tertiary/aromatic N) is 1. The van der Waals surface area contributed by atoms with E-state index in [4.69, 9.17) is 4.74 Å². The lowest BCUT2D eigenvalue weighted by Crippen LogP contribution is -2.54. The Labute approximate surface area is 165 Å². The van der Waals surface area contributed by atoms with Crippen molar-refractivity contribution in [2.24, 2.45) is 5.92 Å². The molecule has 0 aromatic heterocycles. The Morgan fingerprint density at radius 2 is 2.07 bits per heavy atom. The van der Waals surface area contributed by atoms with Gasteiger partial charge in [-0.3, -0.25) is 14.5 Å². The van der Waals surface area contributed by atoms with E-state index in [-0.39, 0.29) is 24.3 Å². The van der Waals surface area contributed by atoms with E-state index in [1.54, 1.807) is 0 Å². The molecule has 2 N–H and O–H groups in total. The van der Waals surface area contributed by atoms with Crippen molar-refractivity contribution in [3.05, 3.63) is 35.9 Å². The summed E-state index contributed by atoms with van der Waals surface area (Å²) < 4.78 is 5.58. The van der Waals surface area contributed by atoms with Crippen LogP contribution < -0.4 is 10.6 Å². The molecule has 4 amide bonds. The van der Waals surface area contributed by atoms with Gasteiger partial charge in [-0.2, -0.15) is 0 Å². The quantitative estimate of drug-likeness (QED) is 0.529. The minimum absolute atomic E-state index is 0.0903. The van der Waals surface area contributed by atoms with E-state index < -0.39 is 11.6 Å². The molecule has 0 unspecified atom stereocenters. The number of rotatable bonds is 8. The molecule has 0 bridgehead atoms. The number of urea groups is 1. The Morgan fingerprint density at radius 1 is 1.29 bits per heavy atom. The summed E-state index contributed by atoms with van der Waals surface area (Å²) >= 11 is 0. The summed E-state index contributed by atoms with van der Waals surface area (Å²) in [6, 6.07) is 9.43. The van der Waals surface area contributed by atoms with E-state index in [9.17, 15) is 14.4 Å². The Bertz CT molecular complexity index is 709. The Balaban J connectivity index is 1.37. The van der Waals surface area contributed by atoms with Gasteiger partial charge in [0, 0.05) is 13.2 Å². The number of ether oxygens (including phenoxy) is 1. The summed E-state index contributed by atoms with van der Waals surface area (Å²) in [5.41, 5.74) is 0.289. The third kappa shape index (κ3) is 4.52. The van der Waals surface area contributed by atoms with Crippen molar-refractivity contribution in [1.29, 1.82) is 0 Å². The van der Waals surface area contributed by atoms with Crippen LogP contribution in [0.25, 0.3) is 0 Å². The normalized spacial score (nSPS) is 24.5. The van der Waals surface area contributed by atoms with E-state index >= 15 is 0 Å². The molecule has 1 aliphatic carbocycles. The number of hydrogen-bond acceptors (Lipinski definition) is 4.